The fourth-order valence-corrected chi connectivity index (χ4v) is 1.97. The summed E-state index contributed by atoms with van der Waals surface area (Å²) in [4.78, 5) is 17.1. The van der Waals surface area contributed by atoms with E-state index in [4.69, 9.17) is 11.6 Å². The molecule has 0 bridgehead atoms. The van der Waals surface area contributed by atoms with Crippen LogP contribution in [0.15, 0.2) is 47.5 Å². The third-order valence-electron chi connectivity index (χ3n) is 2.32. The Labute approximate surface area is 115 Å². The molecule has 0 spiro atoms. The Bertz CT molecular complexity index is 557. The van der Waals surface area contributed by atoms with Crippen molar-refractivity contribution in [2.75, 3.05) is 11.6 Å². The van der Waals surface area contributed by atoms with E-state index in [-0.39, 0.29) is 5.91 Å². The third-order valence-corrected chi connectivity index (χ3v) is 3.29. The Kier molecular flexibility index (Phi) is 4.23. The number of anilines is 1. The van der Waals surface area contributed by atoms with E-state index < -0.39 is 0 Å². The molecular formula is C13H11ClN2OS. The number of hydrogen-bond donors (Lipinski definition) is 1. The van der Waals surface area contributed by atoms with Crippen LogP contribution in [-0.4, -0.2) is 17.1 Å². The first-order valence-electron chi connectivity index (χ1n) is 5.26. The van der Waals surface area contributed by atoms with Crippen LogP contribution in [0.4, 0.5) is 5.82 Å². The topological polar surface area (TPSA) is 42.0 Å². The van der Waals surface area contributed by atoms with Crippen molar-refractivity contribution in [3.63, 3.8) is 0 Å². The minimum Gasteiger partial charge on any atom is -0.307 e. The summed E-state index contributed by atoms with van der Waals surface area (Å²) in [7, 11) is 0. The largest absolute Gasteiger partial charge is 0.307 e. The van der Waals surface area contributed by atoms with Gasteiger partial charge in [-0.2, -0.15) is 0 Å². The van der Waals surface area contributed by atoms with E-state index in [0.717, 1.165) is 4.90 Å². The molecule has 0 unspecified atom stereocenters. The Balaban J connectivity index is 2.11. The smallest absolute Gasteiger partial charge is 0.256 e. The number of aromatic nitrogens is 1. The SMILES string of the molecule is CSc1ccc(C(=O)Nc2cc(Cl)ccn2)cc1. The zero-order valence-electron chi connectivity index (χ0n) is 9.68. The van der Waals surface area contributed by atoms with Crippen molar-refractivity contribution in [2.45, 2.75) is 4.90 Å². The van der Waals surface area contributed by atoms with E-state index in [1.165, 1.54) is 0 Å². The average Bonchev–Trinajstić information content (AvgIpc) is 2.39. The minimum atomic E-state index is -0.197. The van der Waals surface area contributed by atoms with Crippen molar-refractivity contribution < 1.29 is 4.79 Å². The van der Waals surface area contributed by atoms with Gasteiger partial charge in [-0.05, 0) is 42.7 Å². The maximum Gasteiger partial charge on any atom is 0.256 e. The molecule has 2 aromatic rings. The van der Waals surface area contributed by atoms with Crippen molar-refractivity contribution >= 4 is 35.1 Å². The molecule has 0 aliphatic carbocycles. The summed E-state index contributed by atoms with van der Waals surface area (Å²) < 4.78 is 0. The molecule has 1 heterocycles. The monoisotopic (exact) mass is 278 g/mol. The van der Waals surface area contributed by atoms with E-state index in [1.54, 1.807) is 42.2 Å². The van der Waals surface area contributed by atoms with Crippen molar-refractivity contribution in [3.8, 4) is 0 Å². The first-order valence-corrected chi connectivity index (χ1v) is 6.86. The Morgan fingerprint density at radius 3 is 2.61 bits per heavy atom. The molecule has 0 atom stereocenters. The van der Waals surface area contributed by atoms with E-state index >= 15 is 0 Å². The highest BCUT2D eigenvalue weighted by molar-refractivity contribution is 7.98. The molecule has 1 aromatic carbocycles. The maximum absolute atomic E-state index is 11.9. The van der Waals surface area contributed by atoms with Gasteiger partial charge >= 0.3 is 0 Å². The van der Waals surface area contributed by atoms with Gasteiger partial charge in [-0.15, -0.1) is 11.8 Å². The van der Waals surface area contributed by atoms with Crippen molar-refractivity contribution in [1.82, 2.24) is 4.98 Å². The maximum atomic E-state index is 11.9. The van der Waals surface area contributed by atoms with Crippen LogP contribution in [-0.2, 0) is 0 Å². The van der Waals surface area contributed by atoms with Crippen LogP contribution in [0.1, 0.15) is 10.4 Å². The van der Waals surface area contributed by atoms with Gasteiger partial charge in [-0.3, -0.25) is 4.79 Å². The highest BCUT2D eigenvalue weighted by Crippen LogP contribution is 2.16. The third kappa shape index (κ3) is 3.24. The van der Waals surface area contributed by atoms with Gasteiger partial charge in [-0.1, -0.05) is 11.6 Å². The predicted molar refractivity (Wildman–Crippen MR) is 75.4 cm³/mol. The number of amides is 1. The first-order chi connectivity index (χ1) is 8.69. The lowest BCUT2D eigenvalue weighted by molar-refractivity contribution is 0.102. The summed E-state index contributed by atoms with van der Waals surface area (Å²) in [6, 6.07) is 10.6. The molecule has 0 aliphatic heterocycles. The van der Waals surface area contributed by atoms with Crippen LogP contribution in [0.5, 0.6) is 0 Å². The second-order valence-electron chi connectivity index (χ2n) is 3.54. The number of pyridine rings is 1. The zero-order valence-corrected chi connectivity index (χ0v) is 11.3. The van der Waals surface area contributed by atoms with Crippen LogP contribution < -0.4 is 5.32 Å². The normalized spacial score (nSPS) is 10.1. The number of nitrogens with one attached hydrogen (secondary N) is 1. The van der Waals surface area contributed by atoms with Crippen molar-refractivity contribution in [3.05, 3.63) is 53.2 Å². The lowest BCUT2D eigenvalue weighted by atomic mass is 10.2. The quantitative estimate of drug-likeness (QED) is 0.870. The molecule has 92 valence electrons. The van der Waals surface area contributed by atoms with Gasteiger partial charge in [0.2, 0.25) is 0 Å². The molecule has 1 aromatic heterocycles. The van der Waals surface area contributed by atoms with Gasteiger partial charge in [0.25, 0.3) is 5.91 Å². The lowest BCUT2D eigenvalue weighted by Gasteiger charge is -2.05. The molecule has 0 fully saturated rings. The zero-order chi connectivity index (χ0) is 13.0. The Hall–Kier alpha value is -1.52. The second-order valence-corrected chi connectivity index (χ2v) is 4.86. The summed E-state index contributed by atoms with van der Waals surface area (Å²) in [5.74, 6) is 0.249. The fourth-order valence-electron chi connectivity index (χ4n) is 1.40. The Morgan fingerprint density at radius 1 is 1.28 bits per heavy atom. The van der Waals surface area contributed by atoms with Gasteiger partial charge in [0.05, 0.1) is 0 Å². The predicted octanol–water partition coefficient (Wildman–Crippen LogP) is 3.71. The van der Waals surface area contributed by atoms with Crippen LogP contribution in [0, 0.1) is 0 Å². The van der Waals surface area contributed by atoms with E-state index in [1.807, 2.05) is 18.4 Å². The van der Waals surface area contributed by atoms with Crippen LogP contribution >= 0.6 is 23.4 Å². The highest BCUT2D eigenvalue weighted by Gasteiger charge is 2.06. The van der Waals surface area contributed by atoms with Crippen molar-refractivity contribution in [1.29, 1.82) is 0 Å². The number of carbonyl (C=O) groups excluding carboxylic acids is 1. The van der Waals surface area contributed by atoms with Gasteiger partial charge < -0.3 is 5.32 Å². The molecule has 0 saturated carbocycles. The summed E-state index contributed by atoms with van der Waals surface area (Å²) in [6.45, 7) is 0. The molecule has 0 saturated heterocycles. The van der Waals surface area contributed by atoms with Gasteiger partial charge in [0, 0.05) is 21.7 Å². The van der Waals surface area contributed by atoms with Crippen LogP contribution in [0.3, 0.4) is 0 Å². The minimum absolute atomic E-state index is 0.197. The van der Waals surface area contributed by atoms with E-state index in [2.05, 4.69) is 10.3 Å². The average molecular weight is 279 g/mol. The number of halogens is 1. The van der Waals surface area contributed by atoms with Crippen LogP contribution in [0.2, 0.25) is 5.02 Å². The molecule has 0 aliphatic rings. The molecule has 1 N–H and O–H groups in total. The van der Waals surface area contributed by atoms with Crippen molar-refractivity contribution in [2.24, 2.45) is 0 Å². The van der Waals surface area contributed by atoms with Gasteiger partial charge in [-0.25, -0.2) is 4.98 Å². The molecule has 2 rings (SSSR count). The highest BCUT2D eigenvalue weighted by atomic mass is 35.5. The first kappa shape index (κ1) is 12.9. The number of hydrogen-bond acceptors (Lipinski definition) is 3. The number of carbonyl (C=O) groups is 1. The molecule has 18 heavy (non-hydrogen) atoms. The molecule has 1 amide bonds. The van der Waals surface area contributed by atoms with Gasteiger partial charge in [0.1, 0.15) is 5.82 Å². The summed E-state index contributed by atoms with van der Waals surface area (Å²) >= 11 is 7.45. The Morgan fingerprint density at radius 2 is 2.00 bits per heavy atom. The number of rotatable bonds is 3. The summed E-state index contributed by atoms with van der Waals surface area (Å²) in [6.07, 6.45) is 3.54. The summed E-state index contributed by atoms with van der Waals surface area (Å²) in [5, 5.41) is 3.24. The number of thioether (sulfide) groups is 1. The molecule has 3 nitrogen and oxygen atoms in total. The number of benzene rings is 1. The fraction of sp³-hybridized carbons (Fsp3) is 0.0769. The second kappa shape index (κ2) is 5.89. The van der Waals surface area contributed by atoms with E-state index in [9.17, 15) is 4.79 Å². The van der Waals surface area contributed by atoms with Gasteiger partial charge in [0.15, 0.2) is 0 Å². The lowest BCUT2D eigenvalue weighted by Crippen LogP contribution is -2.12. The van der Waals surface area contributed by atoms with E-state index in [0.29, 0.717) is 16.4 Å². The molecule has 0 radical (unpaired) electrons. The van der Waals surface area contributed by atoms with Crippen LogP contribution in [0.25, 0.3) is 0 Å². The number of nitrogens with zero attached hydrogens (tertiary/aromatic N) is 1. The standard InChI is InChI=1S/C13H11ClN2OS/c1-18-11-4-2-9(3-5-11)13(17)16-12-8-10(14)6-7-15-12/h2-8H,1H3,(H,15,16,17). The molecular weight excluding hydrogens is 268 g/mol. The summed E-state index contributed by atoms with van der Waals surface area (Å²) in [5.41, 5.74) is 0.592. The molecule has 5 heteroatoms.